The van der Waals surface area contributed by atoms with E-state index in [4.69, 9.17) is 27.9 Å². The molecule has 3 heterocycles. The van der Waals surface area contributed by atoms with Crippen LogP contribution in [0.25, 0.3) is 11.3 Å². The van der Waals surface area contributed by atoms with Crippen molar-refractivity contribution in [1.82, 2.24) is 9.88 Å². The molecule has 0 radical (unpaired) electrons. The van der Waals surface area contributed by atoms with Gasteiger partial charge in [-0.05, 0) is 31.0 Å². The summed E-state index contributed by atoms with van der Waals surface area (Å²) in [7, 11) is 0. The molecule has 2 aliphatic rings. The van der Waals surface area contributed by atoms with Crippen molar-refractivity contribution in [3.8, 4) is 11.3 Å². The zero-order valence-corrected chi connectivity index (χ0v) is 18.6. The highest BCUT2D eigenvalue weighted by molar-refractivity contribution is 8.00. The van der Waals surface area contributed by atoms with E-state index in [9.17, 15) is 9.59 Å². The molecule has 2 aromatic rings. The Kier molecular flexibility index (Phi) is 6.66. The summed E-state index contributed by atoms with van der Waals surface area (Å²) in [4.78, 5) is 32.9. The Labute approximate surface area is 187 Å². The first-order valence-electron chi connectivity index (χ1n) is 9.19. The standard InChI is InChI=1S/C19H19Cl2N3O3S2/c20-12-3-4-14(15(21)6-12)16-9-29-19(22-16)24(7-13-2-1-5-27-13)17(25)8-23-11-28-10-18(23)26/h3-4,6,9,13H,1-2,5,7-8,10-11H2. The Hall–Kier alpha value is -1.32. The third-order valence-electron chi connectivity index (χ3n) is 4.79. The minimum absolute atomic E-state index is 0.00631. The summed E-state index contributed by atoms with van der Waals surface area (Å²) in [6, 6.07) is 5.24. The third-order valence-corrected chi connectivity index (χ3v) is 7.15. The number of carbonyl (C=O) groups is 2. The van der Waals surface area contributed by atoms with Gasteiger partial charge in [0.05, 0.1) is 35.0 Å². The smallest absolute Gasteiger partial charge is 0.248 e. The van der Waals surface area contributed by atoms with Crippen molar-refractivity contribution in [1.29, 1.82) is 0 Å². The van der Waals surface area contributed by atoms with E-state index in [0.717, 1.165) is 18.4 Å². The van der Waals surface area contributed by atoms with Crippen LogP contribution in [0.1, 0.15) is 12.8 Å². The lowest BCUT2D eigenvalue weighted by molar-refractivity contribution is -0.131. The summed E-state index contributed by atoms with van der Waals surface area (Å²) in [5, 5.41) is 3.51. The number of amides is 2. The molecular formula is C19H19Cl2N3O3S2. The maximum absolute atomic E-state index is 13.1. The predicted molar refractivity (Wildman–Crippen MR) is 118 cm³/mol. The topological polar surface area (TPSA) is 62.7 Å². The van der Waals surface area contributed by atoms with Gasteiger partial charge in [-0.3, -0.25) is 14.5 Å². The van der Waals surface area contributed by atoms with Crippen LogP contribution >= 0.6 is 46.3 Å². The van der Waals surface area contributed by atoms with Gasteiger partial charge in [-0.15, -0.1) is 23.1 Å². The number of benzene rings is 1. The number of ether oxygens (including phenoxy) is 1. The van der Waals surface area contributed by atoms with E-state index < -0.39 is 0 Å². The van der Waals surface area contributed by atoms with Crippen LogP contribution in [0.3, 0.4) is 0 Å². The monoisotopic (exact) mass is 471 g/mol. The molecule has 2 amide bonds. The number of hydrogen-bond donors (Lipinski definition) is 0. The predicted octanol–water partition coefficient (Wildman–Crippen LogP) is 4.16. The molecule has 10 heteroatoms. The van der Waals surface area contributed by atoms with Crippen molar-refractivity contribution >= 4 is 63.2 Å². The van der Waals surface area contributed by atoms with Crippen molar-refractivity contribution in [2.24, 2.45) is 0 Å². The van der Waals surface area contributed by atoms with Crippen LogP contribution < -0.4 is 4.90 Å². The SMILES string of the molecule is O=C1CSCN1CC(=O)N(CC1CCCO1)c1nc(-c2ccc(Cl)cc2Cl)cs1. The molecule has 0 N–H and O–H groups in total. The molecule has 0 saturated carbocycles. The van der Waals surface area contributed by atoms with E-state index >= 15 is 0 Å². The maximum atomic E-state index is 13.1. The summed E-state index contributed by atoms with van der Waals surface area (Å²) >= 11 is 15.2. The molecule has 0 aliphatic carbocycles. The molecule has 2 fully saturated rings. The summed E-state index contributed by atoms with van der Waals surface area (Å²) in [6.45, 7) is 1.18. The highest BCUT2D eigenvalue weighted by Gasteiger charge is 2.30. The van der Waals surface area contributed by atoms with Gasteiger partial charge in [0.2, 0.25) is 11.8 Å². The van der Waals surface area contributed by atoms with Gasteiger partial charge < -0.3 is 9.64 Å². The third kappa shape index (κ3) is 4.88. The number of carbonyl (C=O) groups excluding carboxylic acids is 2. The van der Waals surface area contributed by atoms with Gasteiger partial charge in [-0.25, -0.2) is 4.98 Å². The van der Waals surface area contributed by atoms with Crippen LogP contribution in [-0.4, -0.2) is 59.1 Å². The summed E-state index contributed by atoms with van der Waals surface area (Å²) in [6.07, 6.45) is 1.87. The molecule has 1 unspecified atom stereocenters. The average Bonchev–Trinajstić information content (AvgIpc) is 3.43. The molecule has 4 rings (SSSR count). The van der Waals surface area contributed by atoms with Crippen molar-refractivity contribution in [3.63, 3.8) is 0 Å². The van der Waals surface area contributed by atoms with Gasteiger partial charge in [0, 0.05) is 22.6 Å². The number of nitrogens with zero attached hydrogens (tertiary/aromatic N) is 3. The van der Waals surface area contributed by atoms with E-state index in [1.54, 1.807) is 21.9 Å². The second-order valence-corrected chi connectivity index (χ2v) is 9.48. The molecule has 0 bridgehead atoms. The molecule has 29 heavy (non-hydrogen) atoms. The van der Waals surface area contributed by atoms with Gasteiger partial charge in [0.15, 0.2) is 5.13 Å². The first kappa shape index (κ1) is 20.9. The van der Waals surface area contributed by atoms with Crippen molar-refractivity contribution in [3.05, 3.63) is 33.6 Å². The highest BCUT2D eigenvalue weighted by Crippen LogP contribution is 2.34. The maximum Gasteiger partial charge on any atom is 0.248 e. The number of halogens is 2. The van der Waals surface area contributed by atoms with Gasteiger partial charge in [0.25, 0.3) is 0 Å². The number of thioether (sulfide) groups is 1. The fourth-order valence-corrected chi connectivity index (χ4v) is 5.54. The van der Waals surface area contributed by atoms with E-state index in [0.29, 0.717) is 45.7 Å². The number of thiazole rings is 1. The molecule has 0 spiro atoms. The van der Waals surface area contributed by atoms with Gasteiger partial charge in [-0.1, -0.05) is 23.2 Å². The van der Waals surface area contributed by atoms with Gasteiger partial charge in [0.1, 0.15) is 6.54 Å². The second kappa shape index (κ2) is 9.22. The minimum Gasteiger partial charge on any atom is -0.376 e. The lowest BCUT2D eigenvalue weighted by atomic mass is 10.2. The average molecular weight is 472 g/mol. The lowest BCUT2D eigenvalue weighted by Crippen LogP contribution is -2.44. The van der Waals surface area contributed by atoms with Crippen LogP contribution in [0.15, 0.2) is 23.6 Å². The molecule has 1 aromatic carbocycles. The Morgan fingerprint density at radius 2 is 2.24 bits per heavy atom. The lowest BCUT2D eigenvalue weighted by Gasteiger charge is -2.25. The summed E-state index contributed by atoms with van der Waals surface area (Å²) in [5.41, 5.74) is 1.44. The molecular weight excluding hydrogens is 453 g/mol. The van der Waals surface area contributed by atoms with Gasteiger partial charge in [-0.2, -0.15) is 0 Å². The Balaban J connectivity index is 1.57. The highest BCUT2D eigenvalue weighted by atomic mass is 35.5. The number of hydrogen-bond acceptors (Lipinski definition) is 6. The summed E-state index contributed by atoms with van der Waals surface area (Å²) in [5.74, 6) is 0.810. The van der Waals surface area contributed by atoms with E-state index in [1.807, 2.05) is 11.4 Å². The zero-order chi connectivity index (χ0) is 20.4. The first-order valence-corrected chi connectivity index (χ1v) is 12.0. The van der Waals surface area contributed by atoms with Gasteiger partial charge >= 0.3 is 0 Å². The van der Waals surface area contributed by atoms with Crippen molar-refractivity contribution < 1.29 is 14.3 Å². The van der Waals surface area contributed by atoms with Crippen LogP contribution in [0.2, 0.25) is 10.0 Å². The van der Waals surface area contributed by atoms with Crippen LogP contribution in [0.5, 0.6) is 0 Å². The van der Waals surface area contributed by atoms with E-state index in [1.165, 1.54) is 23.1 Å². The second-order valence-electron chi connectivity index (χ2n) is 6.85. The van der Waals surface area contributed by atoms with Crippen molar-refractivity contribution in [2.45, 2.75) is 18.9 Å². The molecule has 6 nitrogen and oxygen atoms in total. The summed E-state index contributed by atoms with van der Waals surface area (Å²) < 4.78 is 5.73. The van der Waals surface area contributed by atoms with Crippen LogP contribution in [-0.2, 0) is 14.3 Å². The van der Waals surface area contributed by atoms with E-state index in [2.05, 4.69) is 4.98 Å². The minimum atomic E-state index is -0.153. The number of rotatable bonds is 6. The van der Waals surface area contributed by atoms with Crippen LogP contribution in [0.4, 0.5) is 5.13 Å². The fraction of sp³-hybridized carbons (Fsp3) is 0.421. The Morgan fingerprint density at radius 1 is 1.38 bits per heavy atom. The quantitative estimate of drug-likeness (QED) is 0.632. The molecule has 1 atom stereocenters. The number of anilines is 1. The Bertz CT molecular complexity index is 918. The zero-order valence-electron chi connectivity index (χ0n) is 15.5. The number of aromatic nitrogens is 1. The van der Waals surface area contributed by atoms with E-state index in [-0.39, 0.29) is 24.5 Å². The molecule has 154 valence electrons. The van der Waals surface area contributed by atoms with Crippen molar-refractivity contribution in [2.75, 3.05) is 36.2 Å². The largest absolute Gasteiger partial charge is 0.376 e. The molecule has 2 aliphatic heterocycles. The molecule has 2 saturated heterocycles. The van der Waals surface area contributed by atoms with Crippen LogP contribution in [0, 0.1) is 0 Å². The first-order chi connectivity index (χ1) is 14.0. The fourth-order valence-electron chi connectivity index (χ4n) is 3.28. The normalized spacial score (nSPS) is 19.2. The Morgan fingerprint density at radius 3 is 2.93 bits per heavy atom. The molecule has 1 aromatic heterocycles.